The first kappa shape index (κ1) is 14.8. The van der Waals surface area contributed by atoms with Crippen molar-refractivity contribution in [3.63, 3.8) is 0 Å². The van der Waals surface area contributed by atoms with Gasteiger partial charge in [-0.05, 0) is 55.5 Å². The van der Waals surface area contributed by atoms with E-state index in [1.807, 2.05) is 7.05 Å². The molecule has 106 valence electrons. The largest absolute Gasteiger partial charge is 0.316 e. The Labute approximate surface area is 120 Å². The van der Waals surface area contributed by atoms with Crippen LogP contribution in [0.25, 0.3) is 0 Å². The molecule has 0 aromatic heterocycles. The summed E-state index contributed by atoms with van der Waals surface area (Å²) in [5.41, 5.74) is 1.20. The molecule has 1 aliphatic carbocycles. The molecule has 3 heteroatoms. The lowest BCUT2D eigenvalue weighted by Crippen LogP contribution is -2.44. The van der Waals surface area contributed by atoms with Gasteiger partial charge in [0.05, 0.1) is 0 Å². The number of likely N-dealkylation sites (N-methyl/N-ethyl adjacent to an activating group) is 1. The number of hydrogen-bond donors (Lipinski definition) is 1. The summed E-state index contributed by atoms with van der Waals surface area (Å²) in [7, 11) is 2.00. The Hall–Kier alpha value is -0.600. The van der Waals surface area contributed by atoms with Gasteiger partial charge in [-0.2, -0.15) is 0 Å². The zero-order chi connectivity index (χ0) is 13.9. The second kappa shape index (κ2) is 6.23. The Morgan fingerprint density at radius 1 is 1.32 bits per heavy atom. The second-order valence-corrected chi connectivity index (χ2v) is 6.40. The van der Waals surface area contributed by atoms with Gasteiger partial charge in [0.15, 0.2) is 0 Å². The minimum atomic E-state index is -0.206. The molecule has 0 radical (unpaired) electrons. The third-order valence-electron chi connectivity index (χ3n) is 4.62. The van der Waals surface area contributed by atoms with Crippen LogP contribution in [0.5, 0.6) is 0 Å². The van der Waals surface area contributed by atoms with E-state index in [0.717, 1.165) is 12.0 Å². The van der Waals surface area contributed by atoms with E-state index in [4.69, 9.17) is 11.6 Å². The van der Waals surface area contributed by atoms with Crippen molar-refractivity contribution in [2.24, 2.45) is 5.41 Å². The first-order chi connectivity index (χ1) is 9.05. The van der Waals surface area contributed by atoms with E-state index in [9.17, 15) is 4.39 Å². The lowest BCUT2D eigenvalue weighted by molar-refractivity contribution is 0.149. The van der Waals surface area contributed by atoms with Crippen molar-refractivity contribution in [3.05, 3.63) is 34.6 Å². The summed E-state index contributed by atoms with van der Waals surface area (Å²) < 4.78 is 13.4. The summed E-state index contributed by atoms with van der Waals surface area (Å²) in [5, 5.41) is 4.09. The fraction of sp³-hybridized carbons (Fsp3) is 0.625. The van der Waals surface area contributed by atoms with Crippen molar-refractivity contribution in [1.82, 2.24) is 5.32 Å². The van der Waals surface area contributed by atoms with E-state index in [0.29, 0.717) is 16.5 Å². The molecule has 0 aliphatic heterocycles. The summed E-state index contributed by atoms with van der Waals surface area (Å²) in [6.45, 7) is 2.35. The maximum Gasteiger partial charge on any atom is 0.123 e. The highest BCUT2D eigenvalue weighted by molar-refractivity contribution is 6.31. The summed E-state index contributed by atoms with van der Waals surface area (Å²) in [5.74, 6) is -0.206. The second-order valence-electron chi connectivity index (χ2n) is 6.00. The molecule has 1 unspecified atom stereocenters. The number of hydrogen-bond acceptors (Lipinski definition) is 1. The van der Waals surface area contributed by atoms with Gasteiger partial charge in [0.1, 0.15) is 5.82 Å². The predicted molar refractivity (Wildman–Crippen MR) is 79.2 cm³/mol. The number of nitrogens with one attached hydrogen (secondary N) is 1. The molecule has 0 spiro atoms. The highest BCUT2D eigenvalue weighted by Crippen LogP contribution is 2.40. The SMILES string of the molecule is CNC(Cc1cc(F)ccc1Cl)C1(C)CCCCC1. The smallest absolute Gasteiger partial charge is 0.123 e. The average Bonchev–Trinajstić information content (AvgIpc) is 2.40. The van der Waals surface area contributed by atoms with Gasteiger partial charge in [0, 0.05) is 11.1 Å². The monoisotopic (exact) mass is 283 g/mol. The third kappa shape index (κ3) is 3.49. The van der Waals surface area contributed by atoms with Crippen LogP contribution in [0.2, 0.25) is 5.02 Å². The summed E-state index contributed by atoms with van der Waals surface area (Å²) in [6, 6.07) is 5.00. The van der Waals surface area contributed by atoms with Gasteiger partial charge in [0.25, 0.3) is 0 Å². The predicted octanol–water partition coefficient (Wildman–Crippen LogP) is 4.58. The molecular weight excluding hydrogens is 261 g/mol. The van der Waals surface area contributed by atoms with Gasteiger partial charge in [-0.25, -0.2) is 4.39 Å². The van der Waals surface area contributed by atoms with E-state index >= 15 is 0 Å². The van der Waals surface area contributed by atoms with E-state index in [-0.39, 0.29) is 5.82 Å². The normalized spacial score (nSPS) is 20.2. The maximum absolute atomic E-state index is 13.4. The fourth-order valence-electron chi connectivity index (χ4n) is 3.32. The van der Waals surface area contributed by atoms with E-state index in [1.54, 1.807) is 12.1 Å². The van der Waals surface area contributed by atoms with Crippen molar-refractivity contribution >= 4 is 11.6 Å². The molecule has 19 heavy (non-hydrogen) atoms. The van der Waals surface area contributed by atoms with Gasteiger partial charge < -0.3 is 5.32 Å². The highest BCUT2D eigenvalue weighted by Gasteiger charge is 2.34. The highest BCUT2D eigenvalue weighted by atomic mass is 35.5. The Kier molecular flexibility index (Phi) is 4.86. The van der Waals surface area contributed by atoms with Crippen LogP contribution in [0.15, 0.2) is 18.2 Å². The Morgan fingerprint density at radius 3 is 2.63 bits per heavy atom. The van der Waals surface area contributed by atoms with Gasteiger partial charge in [0.2, 0.25) is 0 Å². The molecule has 0 amide bonds. The molecule has 1 aliphatic rings. The van der Waals surface area contributed by atoms with Crippen molar-refractivity contribution < 1.29 is 4.39 Å². The molecule has 0 heterocycles. The molecule has 1 fully saturated rings. The van der Waals surface area contributed by atoms with Crippen LogP contribution in [0.1, 0.15) is 44.6 Å². The molecule has 0 bridgehead atoms. The van der Waals surface area contributed by atoms with Crippen LogP contribution in [-0.4, -0.2) is 13.1 Å². The molecule has 1 nitrogen and oxygen atoms in total. The van der Waals surface area contributed by atoms with E-state index in [1.165, 1.54) is 38.2 Å². The average molecular weight is 284 g/mol. The number of halogens is 2. The first-order valence-electron chi connectivity index (χ1n) is 7.16. The van der Waals surface area contributed by atoms with Crippen LogP contribution in [0.4, 0.5) is 4.39 Å². The van der Waals surface area contributed by atoms with Crippen LogP contribution in [-0.2, 0) is 6.42 Å². The van der Waals surface area contributed by atoms with Gasteiger partial charge >= 0.3 is 0 Å². The first-order valence-corrected chi connectivity index (χ1v) is 7.54. The van der Waals surface area contributed by atoms with Crippen LogP contribution in [0, 0.1) is 11.2 Å². The molecule has 1 saturated carbocycles. The Balaban J connectivity index is 2.16. The Morgan fingerprint density at radius 2 is 2.00 bits per heavy atom. The summed E-state index contributed by atoms with van der Waals surface area (Å²) in [4.78, 5) is 0. The molecule has 1 aromatic carbocycles. The fourth-order valence-corrected chi connectivity index (χ4v) is 3.52. The van der Waals surface area contributed by atoms with Crippen molar-refractivity contribution in [2.45, 2.75) is 51.5 Å². The molecule has 1 atom stereocenters. The van der Waals surface area contributed by atoms with E-state index in [2.05, 4.69) is 12.2 Å². The maximum atomic E-state index is 13.4. The Bertz CT molecular complexity index is 427. The molecule has 1 aromatic rings. The van der Waals surface area contributed by atoms with Crippen LogP contribution in [0.3, 0.4) is 0 Å². The van der Waals surface area contributed by atoms with Gasteiger partial charge in [-0.3, -0.25) is 0 Å². The standard InChI is InChI=1S/C16H23ClFN/c1-16(8-4-3-5-9-16)15(19-2)11-12-10-13(18)6-7-14(12)17/h6-7,10,15,19H,3-5,8-9,11H2,1-2H3. The van der Waals surface area contributed by atoms with Gasteiger partial charge in [-0.1, -0.05) is 37.8 Å². The number of benzene rings is 1. The van der Waals surface area contributed by atoms with Gasteiger partial charge in [-0.15, -0.1) is 0 Å². The summed E-state index contributed by atoms with van der Waals surface area (Å²) in [6.07, 6.45) is 7.21. The topological polar surface area (TPSA) is 12.0 Å². The zero-order valence-corrected chi connectivity index (χ0v) is 12.6. The van der Waals surface area contributed by atoms with Crippen LogP contribution < -0.4 is 5.32 Å². The molecule has 2 rings (SSSR count). The summed E-state index contributed by atoms with van der Waals surface area (Å²) >= 11 is 6.19. The molecular formula is C16H23ClFN. The quantitative estimate of drug-likeness (QED) is 0.853. The zero-order valence-electron chi connectivity index (χ0n) is 11.8. The minimum Gasteiger partial charge on any atom is -0.316 e. The van der Waals surface area contributed by atoms with Crippen molar-refractivity contribution in [1.29, 1.82) is 0 Å². The van der Waals surface area contributed by atoms with Crippen molar-refractivity contribution in [2.75, 3.05) is 7.05 Å². The van der Waals surface area contributed by atoms with Crippen LogP contribution >= 0.6 is 11.6 Å². The number of rotatable bonds is 4. The molecule has 1 N–H and O–H groups in total. The van der Waals surface area contributed by atoms with E-state index < -0.39 is 0 Å². The van der Waals surface area contributed by atoms with Crippen molar-refractivity contribution in [3.8, 4) is 0 Å². The lowest BCUT2D eigenvalue weighted by Gasteiger charge is -2.41. The third-order valence-corrected chi connectivity index (χ3v) is 4.99. The minimum absolute atomic E-state index is 0.206. The lowest BCUT2D eigenvalue weighted by atomic mass is 9.69. The molecule has 0 saturated heterocycles.